The molecule has 2 rings (SSSR count). The largest absolute Gasteiger partial charge is 0.418 e. The number of halogens is 3. The maximum atomic E-state index is 13.3. The zero-order valence-electron chi connectivity index (χ0n) is 15.2. The Bertz CT molecular complexity index is 933. The lowest BCUT2D eigenvalue weighted by Gasteiger charge is -2.17. The van der Waals surface area contributed by atoms with Crippen molar-refractivity contribution in [1.82, 2.24) is 0 Å². The molecule has 0 aromatic heterocycles. The number of amides is 2. The summed E-state index contributed by atoms with van der Waals surface area (Å²) in [6.45, 7) is 2.67. The molecule has 0 saturated carbocycles. The Kier molecular flexibility index (Phi) is 6.85. The van der Waals surface area contributed by atoms with Gasteiger partial charge in [-0.15, -0.1) is 11.8 Å². The van der Waals surface area contributed by atoms with Crippen molar-refractivity contribution in [1.29, 1.82) is 0 Å². The van der Waals surface area contributed by atoms with Crippen LogP contribution in [0.5, 0.6) is 0 Å². The van der Waals surface area contributed by atoms with Gasteiger partial charge in [0.25, 0.3) is 5.69 Å². The number of benzene rings is 2. The van der Waals surface area contributed by atoms with Crippen LogP contribution in [0.15, 0.2) is 47.4 Å². The van der Waals surface area contributed by atoms with E-state index >= 15 is 0 Å². The number of nitrogens with one attached hydrogen (secondary N) is 2. The Morgan fingerprint density at radius 2 is 1.72 bits per heavy atom. The molecule has 2 aromatic rings. The number of rotatable bonds is 6. The number of carbonyl (C=O) groups is 2. The van der Waals surface area contributed by atoms with Crippen molar-refractivity contribution in [3.8, 4) is 0 Å². The summed E-state index contributed by atoms with van der Waals surface area (Å²) in [6.07, 6.45) is -4.74. The molecule has 11 heteroatoms. The lowest BCUT2D eigenvalue weighted by molar-refractivity contribution is -0.384. The molecule has 2 N–H and O–H groups in total. The van der Waals surface area contributed by atoms with E-state index in [1.54, 1.807) is 0 Å². The van der Waals surface area contributed by atoms with Crippen molar-refractivity contribution >= 4 is 40.6 Å². The summed E-state index contributed by atoms with van der Waals surface area (Å²) in [5.41, 5.74) is -1.69. The summed E-state index contributed by atoms with van der Waals surface area (Å²) in [5.74, 6) is -1.20. The van der Waals surface area contributed by atoms with Crippen LogP contribution in [0.1, 0.15) is 19.4 Å². The zero-order valence-corrected chi connectivity index (χ0v) is 16.1. The van der Waals surface area contributed by atoms with Gasteiger partial charge in [0.1, 0.15) is 0 Å². The molecule has 0 aliphatic rings. The summed E-state index contributed by atoms with van der Waals surface area (Å²) in [6, 6.07) is 8.51. The van der Waals surface area contributed by atoms with Crippen molar-refractivity contribution in [2.75, 3.05) is 10.6 Å². The second kappa shape index (κ2) is 8.95. The minimum absolute atomic E-state index is 0.0453. The SMILES string of the molecule is CC(=O)Nc1ccc(NC(=O)C(C)Sc2ccc([N+](=O)[O-])cc2)c(C(F)(F)F)c1. The number of nitrogens with zero attached hydrogens (tertiary/aromatic N) is 1. The Morgan fingerprint density at radius 3 is 2.24 bits per heavy atom. The number of non-ortho nitro benzene ring substituents is 1. The minimum atomic E-state index is -4.74. The number of alkyl halides is 3. The van der Waals surface area contributed by atoms with Crippen molar-refractivity contribution in [2.45, 2.75) is 30.2 Å². The van der Waals surface area contributed by atoms with Crippen LogP contribution in [0.2, 0.25) is 0 Å². The van der Waals surface area contributed by atoms with E-state index in [-0.39, 0.29) is 11.4 Å². The van der Waals surface area contributed by atoms with Gasteiger partial charge in [0.2, 0.25) is 11.8 Å². The monoisotopic (exact) mass is 427 g/mol. The lowest BCUT2D eigenvalue weighted by atomic mass is 10.1. The second-order valence-electron chi connectivity index (χ2n) is 5.94. The fourth-order valence-electron chi connectivity index (χ4n) is 2.31. The molecule has 1 atom stereocenters. The maximum absolute atomic E-state index is 13.3. The van der Waals surface area contributed by atoms with E-state index in [1.165, 1.54) is 44.2 Å². The van der Waals surface area contributed by atoms with Crippen molar-refractivity contribution < 1.29 is 27.7 Å². The normalized spacial score (nSPS) is 12.2. The van der Waals surface area contributed by atoms with Crippen LogP contribution in [-0.2, 0) is 15.8 Å². The van der Waals surface area contributed by atoms with Crippen LogP contribution in [0.3, 0.4) is 0 Å². The van der Waals surface area contributed by atoms with E-state index < -0.39 is 39.4 Å². The molecule has 0 bridgehead atoms. The number of nitro benzene ring substituents is 1. The van der Waals surface area contributed by atoms with Crippen molar-refractivity contribution in [3.63, 3.8) is 0 Å². The van der Waals surface area contributed by atoms with Gasteiger partial charge < -0.3 is 10.6 Å². The Labute approximate surface area is 167 Å². The van der Waals surface area contributed by atoms with Crippen molar-refractivity contribution in [3.05, 3.63) is 58.1 Å². The number of nitro groups is 1. The molecule has 154 valence electrons. The molecule has 1 unspecified atom stereocenters. The van der Waals surface area contributed by atoms with E-state index in [0.29, 0.717) is 4.90 Å². The summed E-state index contributed by atoms with van der Waals surface area (Å²) in [7, 11) is 0. The third-order valence-electron chi connectivity index (χ3n) is 3.63. The molecule has 29 heavy (non-hydrogen) atoms. The first-order valence-corrected chi connectivity index (χ1v) is 9.06. The van der Waals surface area contributed by atoms with Gasteiger partial charge in [-0.05, 0) is 37.3 Å². The number of thioether (sulfide) groups is 1. The highest BCUT2D eigenvalue weighted by Gasteiger charge is 2.34. The van der Waals surface area contributed by atoms with Gasteiger partial charge in [-0.2, -0.15) is 13.2 Å². The van der Waals surface area contributed by atoms with Gasteiger partial charge in [0.15, 0.2) is 0 Å². The van der Waals surface area contributed by atoms with Crippen LogP contribution < -0.4 is 10.6 Å². The molecule has 0 heterocycles. The molecule has 0 aliphatic carbocycles. The van der Waals surface area contributed by atoms with Crippen LogP contribution in [0, 0.1) is 10.1 Å². The first kappa shape index (κ1) is 22.2. The summed E-state index contributed by atoms with van der Waals surface area (Å²) >= 11 is 1.04. The van der Waals surface area contributed by atoms with Gasteiger partial charge in [-0.3, -0.25) is 19.7 Å². The Morgan fingerprint density at radius 1 is 1.10 bits per heavy atom. The van der Waals surface area contributed by atoms with E-state index in [4.69, 9.17) is 0 Å². The molecule has 0 spiro atoms. The van der Waals surface area contributed by atoms with E-state index in [1.807, 2.05) is 0 Å². The summed E-state index contributed by atoms with van der Waals surface area (Å²) in [4.78, 5) is 34.1. The topological polar surface area (TPSA) is 101 Å². The van der Waals surface area contributed by atoms with E-state index in [2.05, 4.69) is 10.6 Å². The highest BCUT2D eigenvalue weighted by atomic mass is 32.2. The number of anilines is 2. The first-order valence-electron chi connectivity index (χ1n) is 8.18. The van der Waals surface area contributed by atoms with Crippen LogP contribution in [-0.4, -0.2) is 22.0 Å². The Hall–Kier alpha value is -3.08. The van der Waals surface area contributed by atoms with Gasteiger partial charge in [0, 0.05) is 29.6 Å². The maximum Gasteiger partial charge on any atom is 0.418 e. The minimum Gasteiger partial charge on any atom is -0.326 e. The second-order valence-corrected chi connectivity index (χ2v) is 7.35. The van der Waals surface area contributed by atoms with Crippen molar-refractivity contribution in [2.24, 2.45) is 0 Å². The van der Waals surface area contributed by atoms with E-state index in [9.17, 15) is 32.9 Å². The molecule has 0 radical (unpaired) electrons. The van der Waals surface area contributed by atoms with Crippen LogP contribution in [0.25, 0.3) is 0 Å². The van der Waals surface area contributed by atoms with Gasteiger partial charge >= 0.3 is 6.18 Å². The third-order valence-corrected chi connectivity index (χ3v) is 4.74. The predicted octanol–water partition coefficient (Wildman–Crippen LogP) is 4.69. The van der Waals surface area contributed by atoms with Gasteiger partial charge in [0.05, 0.1) is 21.4 Å². The standard InChI is InChI=1S/C18H16F3N3O4S/c1-10(29-14-6-4-13(5-7-14)24(27)28)17(26)23-16-8-3-12(22-11(2)25)9-15(16)18(19,20)21/h3-10H,1-2H3,(H,22,25)(H,23,26). The fraction of sp³-hybridized carbons (Fsp3) is 0.222. The van der Waals surface area contributed by atoms with Gasteiger partial charge in [-0.1, -0.05) is 0 Å². The quantitative estimate of drug-likeness (QED) is 0.396. The molecule has 0 fully saturated rings. The Balaban J connectivity index is 2.15. The smallest absolute Gasteiger partial charge is 0.326 e. The average Bonchev–Trinajstić information content (AvgIpc) is 2.62. The highest BCUT2D eigenvalue weighted by molar-refractivity contribution is 8.00. The molecular formula is C18H16F3N3O4S. The number of hydrogen-bond acceptors (Lipinski definition) is 5. The molecule has 0 saturated heterocycles. The zero-order chi connectivity index (χ0) is 21.8. The first-order chi connectivity index (χ1) is 13.5. The summed E-state index contributed by atoms with van der Waals surface area (Å²) in [5, 5.41) is 14.4. The summed E-state index contributed by atoms with van der Waals surface area (Å²) < 4.78 is 40.0. The van der Waals surface area contributed by atoms with Crippen LogP contribution >= 0.6 is 11.8 Å². The molecule has 2 amide bonds. The van der Waals surface area contributed by atoms with Crippen LogP contribution in [0.4, 0.5) is 30.2 Å². The highest BCUT2D eigenvalue weighted by Crippen LogP contribution is 2.37. The fourth-order valence-corrected chi connectivity index (χ4v) is 3.17. The molecular weight excluding hydrogens is 411 g/mol. The molecule has 0 aliphatic heterocycles. The molecule has 2 aromatic carbocycles. The number of hydrogen-bond donors (Lipinski definition) is 2. The van der Waals surface area contributed by atoms with Gasteiger partial charge in [-0.25, -0.2) is 0 Å². The predicted molar refractivity (Wildman–Crippen MR) is 103 cm³/mol. The lowest BCUT2D eigenvalue weighted by Crippen LogP contribution is -2.24. The average molecular weight is 427 g/mol. The van der Waals surface area contributed by atoms with E-state index in [0.717, 1.165) is 23.9 Å². The number of carbonyl (C=O) groups excluding carboxylic acids is 2. The third kappa shape index (κ3) is 6.21. The molecule has 7 nitrogen and oxygen atoms in total.